The molecular formula is C28H39NO6. The molecule has 2 aromatic rings. The van der Waals surface area contributed by atoms with Gasteiger partial charge in [-0.2, -0.15) is 0 Å². The third kappa shape index (κ3) is 7.43. The van der Waals surface area contributed by atoms with Crippen molar-refractivity contribution in [3.63, 3.8) is 0 Å². The number of methoxy groups -OCH3 is 1. The Hall–Kier alpha value is -2.61. The van der Waals surface area contributed by atoms with Crippen molar-refractivity contribution in [2.24, 2.45) is 0 Å². The second-order valence-corrected chi connectivity index (χ2v) is 10.2. The third-order valence-corrected chi connectivity index (χ3v) is 6.17. The van der Waals surface area contributed by atoms with Gasteiger partial charge in [-0.25, -0.2) is 4.79 Å². The maximum Gasteiger partial charge on any atom is 0.410 e. The average molecular weight is 486 g/mol. The van der Waals surface area contributed by atoms with Crippen molar-refractivity contribution in [3.8, 4) is 5.75 Å². The molecule has 1 amide bonds. The van der Waals surface area contributed by atoms with Crippen LogP contribution in [-0.2, 0) is 19.8 Å². The minimum absolute atomic E-state index is 0.255. The molecule has 1 heterocycles. The molecule has 2 aromatic carbocycles. The van der Waals surface area contributed by atoms with Gasteiger partial charge in [0.2, 0.25) is 0 Å². The zero-order valence-corrected chi connectivity index (χ0v) is 21.7. The van der Waals surface area contributed by atoms with Gasteiger partial charge >= 0.3 is 6.09 Å². The summed E-state index contributed by atoms with van der Waals surface area (Å²) in [6, 6.07) is 15.0. The molecule has 0 spiro atoms. The normalized spacial score (nSPS) is 17.3. The van der Waals surface area contributed by atoms with E-state index in [4.69, 9.17) is 18.9 Å². The fraction of sp³-hybridized carbons (Fsp3) is 0.536. The molecule has 3 rings (SSSR count). The van der Waals surface area contributed by atoms with Gasteiger partial charge in [0.25, 0.3) is 0 Å². The van der Waals surface area contributed by atoms with Crippen LogP contribution in [-0.4, -0.2) is 48.6 Å². The molecule has 0 bridgehead atoms. The Morgan fingerprint density at radius 1 is 1.06 bits per heavy atom. The van der Waals surface area contributed by atoms with E-state index in [0.717, 1.165) is 28.9 Å². The zero-order chi connectivity index (χ0) is 25.6. The van der Waals surface area contributed by atoms with Crippen molar-refractivity contribution in [1.29, 1.82) is 0 Å². The van der Waals surface area contributed by atoms with Gasteiger partial charge in [0.1, 0.15) is 11.4 Å². The SMILES string of the molecule is COc1ccc([C@H](C)N(CCC(C)(O)c2ccc(C3OCCCO3)cc2)C(=O)OC(C)(C)C)cc1. The number of carbonyl (C=O) groups is 1. The number of aliphatic hydroxyl groups is 1. The van der Waals surface area contributed by atoms with E-state index in [1.165, 1.54) is 0 Å². The quantitative estimate of drug-likeness (QED) is 0.515. The molecule has 7 heteroatoms. The molecular weight excluding hydrogens is 446 g/mol. The average Bonchev–Trinajstić information content (AvgIpc) is 2.83. The topological polar surface area (TPSA) is 77.5 Å². The van der Waals surface area contributed by atoms with Gasteiger partial charge in [-0.05, 0) is 70.7 Å². The first-order chi connectivity index (χ1) is 16.5. The van der Waals surface area contributed by atoms with E-state index in [1.807, 2.05) is 76.2 Å². The largest absolute Gasteiger partial charge is 0.497 e. The van der Waals surface area contributed by atoms with Gasteiger partial charge in [-0.1, -0.05) is 36.4 Å². The van der Waals surface area contributed by atoms with Gasteiger partial charge in [0.15, 0.2) is 6.29 Å². The fourth-order valence-corrected chi connectivity index (χ4v) is 3.99. The van der Waals surface area contributed by atoms with Crippen LogP contribution in [0.2, 0.25) is 0 Å². The molecule has 7 nitrogen and oxygen atoms in total. The van der Waals surface area contributed by atoms with Crippen LogP contribution in [0.15, 0.2) is 48.5 Å². The van der Waals surface area contributed by atoms with E-state index in [1.54, 1.807) is 18.9 Å². The Kier molecular flexibility index (Phi) is 8.80. The van der Waals surface area contributed by atoms with Crippen LogP contribution in [0.5, 0.6) is 5.75 Å². The van der Waals surface area contributed by atoms with Gasteiger partial charge in [0.05, 0.1) is 32.0 Å². The van der Waals surface area contributed by atoms with E-state index in [0.29, 0.717) is 26.2 Å². The maximum absolute atomic E-state index is 13.1. The van der Waals surface area contributed by atoms with Crippen LogP contribution in [0.4, 0.5) is 4.79 Å². The monoisotopic (exact) mass is 485 g/mol. The number of ether oxygens (including phenoxy) is 4. The van der Waals surface area contributed by atoms with Crippen LogP contribution in [0, 0.1) is 0 Å². The smallest absolute Gasteiger partial charge is 0.410 e. The molecule has 1 unspecified atom stereocenters. The summed E-state index contributed by atoms with van der Waals surface area (Å²) in [4.78, 5) is 14.8. The minimum atomic E-state index is -1.15. The summed E-state index contributed by atoms with van der Waals surface area (Å²) in [5, 5.41) is 11.3. The Morgan fingerprint density at radius 2 is 1.66 bits per heavy atom. The summed E-state index contributed by atoms with van der Waals surface area (Å²) in [5.41, 5.74) is 0.864. The van der Waals surface area contributed by atoms with Crippen molar-refractivity contribution >= 4 is 6.09 Å². The Labute approximate surface area is 208 Å². The number of rotatable bonds is 8. The first-order valence-corrected chi connectivity index (χ1v) is 12.2. The van der Waals surface area contributed by atoms with E-state index in [2.05, 4.69) is 0 Å². The molecule has 0 radical (unpaired) electrons. The highest BCUT2D eigenvalue weighted by atomic mass is 16.7. The molecule has 0 saturated carbocycles. The van der Waals surface area contributed by atoms with E-state index in [9.17, 15) is 9.90 Å². The number of benzene rings is 2. The lowest BCUT2D eigenvalue weighted by atomic mass is 9.91. The summed E-state index contributed by atoms with van der Waals surface area (Å²) in [5.74, 6) is 0.750. The van der Waals surface area contributed by atoms with Crippen LogP contribution in [0.3, 0.4) is 0 Å². The third-order valence-electron chi connectivity index (χ3n) is 6.17. The summed E-state index contributed by atoms with van der Waals surface area (Å²) in [6.45, 7) is 10.9. The number of carbonyl (C=O) groups excluding carboxylic acids is 1. The molecule has 1 aliphatic heterocycles. The summed E-state index contributed by atoms with van der Waals surface area (Å²) < 4.78 is 22.3. The van der Waals surface area contributed by atoms with Crippen LogP contribution >= 0.6 is 0 Å². The Bertz CT molecular complexity index is 943. The van der Waals surface area contributed by atoms with Crippen molar-refractivity contribution in [2.75, 3.05) is 26.9 Å². The predicted molar refractivity (Wildman–Crippen MR) is 134 cm³/mol. The molecule has 1 fully saturated rings. The van der Waals surface area contributed by atoms with Crippen molar-refractivity contribution in [1.82, 2.24) is 4.90 Å². The second-order valence-electron chi connectivity index (χ2n) is 10.2. The van der Waals surface area contributed by atoms with Gasteiger partial charge in [-0.3, -0.25) is 0 Å². The highest BCUT2D eigenvalue weighted by molar-refractivity contribution is 5.69. The van der Waals surface area contributed by atoms with Crippen LogP contribution in [0.25, 0.3) is 0 Å². The lowest BCUT2D eigenvalue weighted by Crippen LogP contribution is -2.41. The first-order valence-electron chi connectivity index (χ1n) is 12.2. The molecule has 2 atom stereocenters. The number of amides is 1. The first kappa shape index (κ1) is 27.0. The van der Waals surface area contributed by atoms with E-state index in [-0.39, 0.29) is 12.3 Å². The summed E-state index contributed by atoms with van der Waals surface area (Å²) in [6.07, 6.45) is 0.448. The summed E-state index contributed by atoms with van der Waals surface area (Å²) in [7, 11) is 1.62. The van der Waals surface area contributed by atoms with Crippen molar-refractivity contribution in [2.45, 2.75) is 71.0 Å². The Morgan fingerprint density at radius 3 is 2.20 bits per heavy atom. The predicted octanol–water partition coefficient (Wildman–Crippen LogP) is 5.73. The molecule has 192 valence electrons. The number of hydrogen-bond donors (Lipinski definition) is 1. The molecule has 0 aromatic heterocycles. The molecule has 35 heavy (non-hydrogen) atoms. The highest BCUT2D eigenvalue weighted by Gasteiger charge is 2.31. The molecule has 0 aliphatic carbocycles. The number of hydrogen-bond acceptors (Lipinski definition) is 6. The number of nitrogens with zero attached hydrogens (tertiary/aromatic N) is 1. The lowest BCUT2D eigenvalue weighted by molar-refractivity contribution is -0.183. The Balaban J connectivity index is 1.74. The van der Waals surface area contributed by atoms with Gasteiger partial charge in [-0.15, -0.1) is 0 Å². The fourth-order valence-electron chi connectivity index (χ4n) is 3.99. The second kappa shape index (κ2) is 11.4. The molecule has 1 aliphatic rings. The van der Waals surface area contributed by atoms with Gasteiger partial charge in [0, 0.05) is 12.1 Å². The highest BCUT2D eigenvalue weighted by Crippen LogP contribution is 2.31. The standard InChI is InChI=1S/C28H39NO6/c1-20(21-10-14-24(32-6)15-11-21)29(26(30)35-27(2,3)4)17-16-28(5,31)23-12-8-22(9-13-23)25-33-18-7-19-34-25/h8-15,20,25,31H,7,16-19H2,1-6H3/t20-,28?/m0/s1. The van der Waals surface area contributed by atoms with E-state index >= 15 is 0 Å². The van der Waals surface area contributed by atoms with Crippen LogP contribution in [0.1, 0.15) is 76.5 Å². The maximum atomic E-state index is 13.1. The minimum Gasteiger partial charge on any atom is -0.497 e. The van der Waals surface area contributed by atoms with Crippen LogP contribution < -0.4 is 4.74 Å². The van der Waals surface area contributed by atoms with Gasteiger partial charge < -0.3 is 29.0 Å². The lowest BCUT2D eigenvalue weighted by Gasteiger charge is -2.34. The summed E-state index contributed by atoms with van der Waals surface area (Å²) >= 11 is 0. The molecule has 1 saturated heterocycles. The molecule has 1 N–H and O–H groups in total. The van der Waals surface area contributed by atoms with Crippen molar-refractivity contribution < 1.29 is 28.8 Å². The van der Waals surface area contributed by atoms with E-state index < -0.39 is 17.3 Å². The zero-order valence-electron chi connectivity index (χ0n) is 21.7. The van der Waals surface area contributed by atoms with Crippen molar-refractivity contribution in [3.05, 3.63) is 65.2 Å².